The van der Waals surface area contributed by atoms with Crippen LogP contribution < -0.4 is 14.2 Å². The van der Waals surface area contributed by atoms with Crippen molar-refractivity contribution in [2.24, 2.45) is 0 Å². The molecule has 3 aliphatic heterocycles. The van der Waals surface area contributed by atoms with Crippen LogP contribution in [0.15, 0.2) is 59.6 Å². The molecule has 2 aromatic carbocycles. The standard InChI is InChI=1S/C32H35NO9/c1-7-39-32(35)20-10-8-19(9-11-20)24-23-14-15-33(3)26(25(23)28(38-6)30-29(24)40-17-41-30)27-22(18(2)31(34)42-27)13-12-21(37-5)16-36-4/h8-13,16,26-27H,7,14-15,17H2,1-6H3/b13-12-,21-16-. The number of benzene rings is 2. The first-order valence-corrected chi connectivity index (χ1v) is 13.7. The summed E-state index contributed by atoms with van der Waals surface area (Å²) >= 11 is 0. The minimum Gasteiger partial charge on any atom is -0.501 e. The van der Waals surface area contributed by atoms with Crippen LogP contribution in [0.4, 0.5) is 0 Å². The Kier molecular flexibility index (Phi) is 8.44. The van der Waals surface area contributed by atoms with Crippen molar-refractivity contribution in [2.75, 3.05) is 48.3 Å². The number of cyclic esters (lactones) is 1. The van der Waals surface area contributed by atoms with E-state index in [1.807, 2.05) is 25.3 Å². The fourth-order valence-electron chi connectivity index (χ4n) is 5.76. The molecule has 10 heteroatoms. The number of hydrogen-bond acceptors (Lipinski definition) is 10. The Morgan fingerprint density at radius 1 is 1.12 bits per heavy atom. The van der Waals surface area contributed by atoms with E-state index in [9.17, 15) is 9.59 Å². The Labute approximate surface area is 245 Å². The van der Waals surface area contributed by atoms with Crippen molar-refractivity contribution >= 4 is 11.9 Å². The zero-order chi connectivity index (χ0) is 30.0. The van der Waals surface area contributed by atoms with Gasteiger partial charge in [0.25, 0.3) is 0 Å². The maximum atomic E-state index is 12.9. The summed E-state index contributed by atoms with van der Waals surface area (Å²) in [7, 11) is 6.68. The van der Waals surface area contributed by atoms with Crippen LogP contribution in [0.2, 0.25) is 0 Å². The van der Waals surface area contributed by atoms with E-state index in [1.165, 1.54) is 13.4 Å². The van der Waals surface area contributed by atoms with Crippen LogP contribution in [0.25, 0.3) is 11.1 Å². The van der Waals surface area contributed by atoms with Crippen LogP contribution >= 0.6 is 0 Å². The molecule has 0 saturated carbocycles. The van der Waals surface area contributed by atoms with Gasteiger partial charge in [0.1, 0.15) is 12.4 Å². The largest absolute Gasteiger partial charge is 0.501 e. The lowest BCUT2D eigenvalue weighted by atomic mass is 9.81. The summed E-state index contributed by atoms with van der Waals surface area (Å²) in [4.78, 5) is 27.4. The van der Waals surface area contributed by atoms with E-state index in [4.69, 9.17) is 33.2 Å². The van der Waals surface area contributed by atoms with Crippen LogP contribution in [-0.4, -0.2) is 71.3 Å². The first-order valence-electron chi connectivity index (χ1n) is 13.7. The molecular formula is C32H35NO9. The van der Waals surface area contributed by atoms with Crippen LogP contribution in [0.5, 0.6) is 17.2 Å². The average Bonchev–Trinajstić information content (AvgIpc) is 3.58. The third kappa shape index (κ3) is 5.07. The molecule has 42 heavy (non-hydrogen) atoms. The zero-order valence-electron chi connectivity index (χ0n) is 24.6. The Hall–Kier alpha value is -4.44. The summed E-state index contributed by atoms with van der Waals surface area (Å²) in [5.41, 5.74) is 5.28. The second-order valence-electron chi connectivity index (χ2n) is 10.0. The minimum atomic E-state index is -0.633. The molecule has 0 amide bonds. The summed E-state index contributed by atoms with van der Waals surface area (Å²) in [6, 6.07) is 6.85. The van der Waals surface area contributed by atoms with Gasteiger partial charge in [-0.05, 0) is 56.7 Å². The Morgan fingerprint density at radius 2 is 1.86 bits per heavy atom. The number of rotatable bonds is 9. The lowest BCUT2D eigenvalue weighted by Crippen LogP contribution is -2.40. The fraction of sp³-hybridized carbons (Fsp3) is 0.375. The molecule has 10 nitrogen and oxygen atoms in total. The number of methoxy groups -OCH3 is 3. The number of esters is 2. The number of nitrogens with zero attached hydrogens (tertiary/aromatic N) is 1. The number of carbonyl (C=O) groups excluding carboxylic acids is 2. The fourth-order valence-corrected chi connectivity index (χ4v) is 5.76. The molecule has 2 atom stereocenters. The average molecular weight is 578 g/mol. The van der Waals surface area contributed by atoms with Gasteiger partial charge in [-0.1, -0.05) is 18.2 Å². The van der Waals surface area contributed by atoms with Crippen molar-refractivity contribution in [1.29, 1.82) is 0 Å². The summed E-state index contributed by atoms with van der Waals surface area (Å²) in [6.07, 6.45) is 5.10. The normalized spacial score (nSPS) is 20.0. The van der Waals surface area contributed by atoms with Gasteiger partial charge < -0.3 is 33.2 Å². The molecule has 0 bridgehead atoms. The minimum absolute atomic E-state index is 0.0417. The number of hydrogen-bond donors (Lipinski definition) is 0. The number of likely N-dealkylation sites (N-methyl/N-ethyl adjacent to an activating group) is 1. The molecule has 3 heterocycles. The van der Waals surface area contributed by atoms with Crippen molar-refractivity contribution in [2.45, 2.75) is 32.4 Å². The molecule has 222 valence electrons. The maximum absolute atomic E-state index is 12.9. The first-order chi connectivity index (χ1) is 20.3. The molecule has 0 saturated heterocycles. The molecule has 0 fully saturated rings. The molecule has 0 aromatic heterocycles. The van der Waals surface area contributed by atoms with Crippen LogP contribution in [0, 0.1) is 0 Å². The lowest BCUT2D eigenvalue weighted by molar-refractivity contribution is -0.142. The highest BCUT2D eigenvalue weighted by Crippen LogP contribution is 2.56. The van der Waals surface area contributed by atoms with E-state index < -0.39 is 12.1 Å². The van der Waals surface area contributed by atoms with Gasteiger partial charge in [0, 0.05) is 28.8 Å². The summed E-state index contributed by atoms with van der Waals surface area (Å²) in [5, 5.41) is 0. The predicted octanol–water partition coefficient (Wildman–Crippen LogP) is 4.73. The van der Waals surface area contributed by atoms with Gasteiger partial charge in [-0.3, -0.25) is 4.90 Å². The van der Waals surface area contributed by atoms with E-state index in [2.05, 4.69) is 4.90 Å². The molecular weight excluding hydrogens is 542 g/mol. The SMILES string of the molecule is CCOC(=O)c1ccc(-c2c3c(c(OC)c4c2OCO4)C(C2OC(=O)C(C)=C2/C=C\C(=C\OC)OC)N(C)CC3)cc1. The highest BCUT2D eigenvalue weighted by atomic mass is 16.7. The highest BCUT2D eigenvalue weighted by molar-refractivity contribution is 5.93. The maximum Gasteiger partial charge on any atom is 0.338 e. The molecule has 2 unspecified atom stereocenters. The van der Waals surface area contributed by atoms with E-state index in [0.29, 0.717) is 53.7 Å². The smallest absolute Gasteiger partial charge is 0.338 e. The zero-order valence-corrected chi connectivity index (χ0v) is 24.6. The molecule has 0 radical (unpaired) electrons. The van der Waals surface area contributed by atoms with Crippen molar-refractivity contribution < 1.29 is 42.7 Å². The van der Waals surface area contributed by atoms with Gasteiger partial charge in [-0.25, -0.2) is 9.59 Å². The summed E-state index contributed by atoms with van der Waals surface area (Å²) in [5.74, 6) is 1.35. The quantitative estimate of drug-likeness (QED) is 0.236. The molecule has 5 rings (SSSR count). The van der Waals surface area contributed by atoms with E-state index in [-0.39, 0.29) is 18.7 Å². The second kappa shape index (κ2) is 12.2. The van der Waals surface area contributed by atoms with Gasteiger partial charge in [0.15, 0.2) is 17.3 Å². The predicted molar refractivity (Wildman–Crippen MR) is 153 cm³/mol. The van der Waals surface area contributed by atoms with Gasteiger partial charge in [-0.15, -0.1) is 0 Å². The number of fused-ring (bicyclic) bond motifs is 2. The van der Waals surface area contributed by atoms with Gasteiger partial charge in [-0.2, -0.15) is 0 Å². The number of carbonyl (C=O) groups is 2. The van der Waals surface area contributed by atoms with Gasteiger partial charge >= 0.3 is 11.9 Å². The molecule has 0 N–H and O–H groups in total. The first kappa shape index (κ1) is 29.1. The third-order valence-corrected chi connectivity index (χ3v) is 7.75. The Morgan fingerprint density at radius 3 is 2.52 bits per heavy atom. The van der Waals surface area contributed by atoms with Crippen LogP contribution in [0.1, 0.15) is 41.4 Å². The van der Waals surface area contributed by atoms with Crippen molar-refractivity contribution in [3.63, 3.8) is 0 Å². The number of ether oxygens (including phenoxy) is 7. The summed E-state index contributed by atoms with van der Waals surface area (Å²) < 4.78 is 39.6. The third-order valence-electron chi connectivity index (χ3n) is 7.75. The molecule has 0 spiro atoms. The summed E-state index contributed by atoms with van der Waals surface area (Å²) in [6.45, 7) is 4.56. The lowest BCUT2D eigenvalue weighted by Gasteiger charge is -2.39. The highest BCUT2D eigenvalue weighted by Gasteiger charge is 2.45. The van der Waals surface area contributed by atoms with E-state index in [1.54, 1.807) is 46.3 Å². The molecule has 0 aliphatic carbocycles. The van der Waals surface area contributed by atoms with Crippen molar-refractivity contribution in [3.8, 4) is 28.4 Å². The van der Waals surface area contributed by atoms with Crippen LogP contribution in [-0.2, 0) is 30.2 Å². The van der Waals surface area contributed by atoms with E-state index in [0.717, 1.165) is 27.8 Å². The Balaban J connectivity index is 1.67. The molecule has 3 aliphatic rings. The monoisotopic (exact) mass is 577 g/mol. The van der Waals surface area contributed by atoms with Gasteiger partial charge in [0.2, 0.25) is 12.5 Å². The topological polar surface area (TPSA) is 102 Å². The van der Waals surface area contributed by atoms with Gasteiger partial charge in [0.05, 0.1) is 39.5 Å². The Bertz CT molecular complexity index is 1470. The second-order valence-corrected chi connectivity index (χ2v) is 10.0. The van der Waals surface area contributed by atoms with Crippen LogP contribution in [0.3, 0.4) is 0 Å². The molecule has 2 aromatic rings. The van der Waals surface area contributed by atoms with E-state index >= 15 is 0 Å². The number of allylic oxidation sites excluding steroid dienone is 1. The van der Waals surface area contributed by atoms with Crippen molar-refractivity contribution in [1.82, 2.24) is 4.90 Å². The van der Waals surface area contributed by atoms with Crippen molar-refractivity contribution in [3.05, 3.63) is 76.3 Å².